The van der Waals surface area contributed by atoms with Crippen LogP contribution in [0.1, 0.15) is 27.1 Å². The summed E-state index contributed by atoms with van der Waals surface area (Å²) in [4.78, 5) is 34.6. The van der Waals surface area contributed by atoms with Crippen LogP contribution in [0.3, 0.4) is 0 Å². The maximum absolute atomic E-state index is 12.2. The highest BCUT2D eigenvalue weighted by molar-refractivity contribution is 6.01. The molecule has 0 aliphatic heterocycles. The first kappa shape index (κ1) is 20.6. The van der Waals surface area contributed by atoms with Crippen LogP contribution in [0.4, 0.5) is 5.69 Å². The van der Waals surface area contributed by atoms with Gasteiger partial charge in [0.05, 0.1) is 24.2 Å². The molecule has 10 nitrogen and oxygen atoms in total. The third kappa shape index (κ3) is 5.87. The van der Waals surface area contributed by atoms with Crippen LogP contribution in [0.2, 0.25) is 0 Å². The smallest absolute Gasteiger partial charge is 0.270 e. The summed E-state index contributed by atoms with van der Waals surface area (Å²) in [5.74, 6) is -2.09. The fourth-order valence-corrected chi connectivity index (χ4v) is 1.99. The van der Waals surface area contributed by atoms with Gasteiger partial charge in [0.1, 0.15) is 0 Å². The fraction of sp³-hybridized carbons (Fsp3) is 0.467. The summed E-state index contributed by atoms with van der Waals surface area (Å²) in [6, 6.07) is 2.16. The number of aliphatic hydroxyl groups is 4. The number of nitrogens with one attached hydrogen (secondary N) is 1. The molecule has 0 radical (unpaired) electrons. The van der Waals surface area contributed by atoms with Gasteiger partial charge in [0.15, 0.2) is 5.78 Å². The minimum atomic E-state index is -0.945. The molecule has 10 heteroatoms. The highest BCUT2D eigenvalue weighted by Crippen LogP contribution is 2.20. The second kappa shape index (κ2) is 9.79. The summed E-state index contributed by atoms with van der Waals surface area (Å²) in [5.41, 5.74) is -0.783. The van der Waals surface area contributed by atoms with Crippen molar-refractivity contribution in [3.63, 3.8) is 0 Å². The average molecular weight is 356 g/mol. The Morgan fingerprint density at radius 2 is 1.56 bits per heavy atom. The Bertz CT molecular complexity index is 582. The number of non-ortho nitro benzene ring substituents is 1. The number of rotatable bonds is 10. The Labute approximate surface area is 142 Å². The van der Waals surface area contributed by atoms with Gasteiger partial charge < -0.3 is 25.7 Å². The van der Waals surface area contributed by atoms with Gasteiger partial charge in [-0.1, -0.05) is 0 Å². The maximum atomic E-state index is 12.2. The van der Waals surface area contributed by atoms with E-state index < -0.39 is 60.7 Å². The molecule has 138 valence electrons. The lowest BCUT2D eigenvalue weighted by Gasteiger charge is -2.14. The van der Waals surface area contributed by atoms with Crippen LogP contribution in [-0.2, 0) is 0 Å². The van der Waals surface area contributed by atoms with E-state index >= 15 is 0 Å². The van der Waals surface area contributed by atoms with E-state index in [0.29, 0.717) is 0 Å². The van der Waals surface area contributed by atoms with Crippen molar-refractivity contribution in [2.75, 3.05) is 26.4 Å². The van der Waals surface area contributed by atoms with Crippen molar-refractivity contribution >= 4 is 17.4 Å². The molecule has 1 aromatic rings. The molecule has 0 saturated carbocycles. The molecule has 0 fully saturated rings. The predicted molar refractivity (Wildman–Crippen MR) is 85.1 cm³/mol. The Morgan fingerprint density at radius 3 is 2.04 bits per heavy atom. The zero-order valence-electron chi connectivity index (χ0n) is 13.3. The molecule has 25 heavy (non-hydrogen) atoms. The molecule has 0 aliphatic carbocycles. The van der Waals surface area contributed by atoms with E-state index in [1.54, 1.807) is 0 Å². The molecule has 0 unspecified atom stereocenters. The summed E-state index contributed by atoms with van der Waals surface area (Å²) >= 11 is 0. The topological polar surface area (TPSA) is 170 Å². The van der Waals surface area contributed by atoms with E-state index in [0.717, 1.165) is 18.2 Å². The van der Waals surface area contributed by atoms with Gasteiger partial charge in [-0.05, 0) is 6.07 Å². The molecule has 1 rings (SSSR count). The molecule has 0 atom stereocenters. The quantitative estimate of drug-likeness (QED) is 0.199. The Kier molecular flexibility index (Phi) is 8.08. The molecule has 5 N–H and O–H groups in total. The lowest BCUT2D eigenvalue weighted by atomic mass is 9.97. The third-order valence-corrected chi connectivity index (χ3v) is 3.48. The number of amides is 1. The van der Waals surface area contributed by atoms with Crippen LogP contribution in [0, 0.1) is 16.0 Å². The summed E-state index contributed by atoms with van der Waals surface area (Å²) in [5, 5.41) is 49.3. The third-order valence-electron chi connectivity index (χ3n) is 3.48. The summed E-state index contributed by atoms with van der Waals surface area (Å²) < 4.78 is 0. The molecular formula is C15H20N2O8. The zero-order valence-corrected chi connectivity index (χ0v) is 13.3. The van der Waals surface area contributed by atoms with Crippen LogP contribution in [0.25, 0.3) is 0 Å². The molecule has 1 aromatic carbocycles. The van der Waals surface area contributed by atoms with Gasteiger partial charge in [0.2, 0.25) is 0 Å². The van der Waals surface area contributed by atoms with E-state index in [-0.39, 0.29) is 17.5 Å². The van der Waals surface area contributed by atoms with E-state index in [1.165, 1.54) is 0 Å². The number of benzene rings is 1. The summed E-state index contributed by atoms with van der Waals surface area (Å²) in [7, 11) is 0. The standard InChI is InChI=1S/C15H20N2O8/c18-5-9(6-19)1-14(22)10-2-11(4-13(3-10)17(24)25)15(23)16-12(7-20)8-21/h2-4,9,12,18-21H,1,5-8H2,(H,16,23). The number of nitrogens with zero attached hydrogens (tertiary/aromatic N) is 1. The Hall–Kier alpha value is -2.40. The number of hydrogen-bond acceptors (Lipinski definition) is 8. The SMILES string of the molecule is O=C(CC(CO)CO)c1cc(C(=O)NC(CO)CO)cc([N+](=O)[O-])c1. The van der Waals surface area contributed by atoms with Gasteiger partial charge >= 0.3 is 0 Å². The molecule has 1 amide bonds. The molecule has 0 heterocycles. The van der Waals surface area contributed by atoms with Gasteiger partial charge in [0.25, 0.3) is 11.6 Å². The van der Waals surface area contributed by atoms with Crippen LogP contribution in [-0.4, -0.2) is 69.5 Å². The molecule has 0 saturated heterocycles. The highest BCUT2D eigenvalue weighted by Gasteiger charge is 2.21. The number of carbonyl (C=O) groups excluding carboxylic acids is 2. The number of ketones is 1. The van der Waals surface area contributed by atoms with Gasteiger partial charge in [-0.25, -0.2) is 0 Å². The van der Waals surface area contributed by atoms with Crippen LogP contribution >= 0.6 is 0 Å². The molecular weight excluding hydrogens is 336 g/mol. The van der Waals surface area contributed by atoms with Gasteiger partial charge in [0, 0.05) is 48.8 Å². The predicted octanol–water partition coefficient (Wildman–Crippen LogP) is -1.15. The van der Waals surface area contributed by atoms with Crippen molar-refractivity contribution in [1.29, 1.82) is 0 Å². The van der Waals surface area contributed by atoms with Crippen molar-refractivity contribution < 1.29 is 34.9 Å². The Morgan fingerprint density at radius 1 is 1.00 bits per heavy atom. The number of nitro groups is 1. The van der Waals surface area contributed by atoms with E-state index in [1.807, 2.05) is 0 Å². The summed E-state index contributed by atoms with van der Waals surface area (Å²) in [6.45, 7) is -1.92. The van der Waals surface area contributed by atoms with Crippen LogP contribution in [0.5, 0.6) is 0 Å². The van der Waals surface area contributed by atoms with E-state index in [2.05, 4.69) is 5.32 Å². The second-order valence-electron chi connectivity index (χ2n) is 5.42. The van der Waals surface area contributed by atoms with E-state index in [9.17, 15) is 19.7 Å². The number of nitro benzene ring substituents is 1. The average Bonchev–Trinajstić information content (AvgIpc) is 2.63. The molecule has 0 spiro atoms. The van der Waals surface area contributed by atoms with Crippen LogP contribution < -0.4 is 5.32 Å². The number of carbonyl (C=O) groups is 2. The van der Waals surface area contributed by atoms with Gasteiger partial charge in [-0.2, -0.15) is 0 Å². The van der Waals surface area contributed by atoms with Crippen LogP contribution in [0.15, 0.2) is 18.2 Å². The van der Waals surface area contributed by atoms with Crippen molar-refractivity contribution in [3.05, 3.63) is 39.4 Å². The minimum absolute atomic E-state index is 0.115. The van der Waals surface area contributed by atoms with Crippen molar-refractivity contribution in [2.45, 2.75) is 12.5 Å². The minimum Gasteiger partial charge on any atom is -0.396 e. The largest absolute Gasteiger partial charge is 0.396 e. The lowest BCUT2D eigenvalue weighted by Crippen LogP contribution is -2.40. The number of hydrogen-bond donors (Lipinski definition) is 5. The highest BCUT2D eigenvalue weighted by atomic mass is 16.6. The maximum Gasteiger partial charge on any atom is 0.270 e. The lowest BCUT2D eigenvalue weighted by molar-refractivity contribution is -0.384. The summed E-state index contributed by atoms with van der Waals surface area (Å²) in [6.07, 6.45) is -0.245. The van der Waals surface area contributed by atoms with Gasteiger partial charge in [-0.15, -0.1) is 0 Å². The number of aliphatic hydroxyl groups excluding tert-OH is 4. The first-order valence-electron chi connectivity index (χ1n) is 7.43. The molecule has 0 aromatic heterocycles. The first-order valence-corrected chi connectivity index (χ1v) is 7.43. The van der Waals surface area contributed by atoms with Crippen molar-refractivity contribution in [2.24, 2.45) is 5.92 Å². The molecule has 0 aliphatic rings. The molecule has 0 bridgehead atoms. The van der Waals surface area contributed by atoms with Crippen molar-refractivity contribution in [1.82, 2.24) is 5.32 Å². The van der Waals surface area contributed by atoms with Crippen molar-refractivity contribution in [3.8, 4) is 0 Å². The fourth-order valence-electron chi connectivity index (χ4n) is 1.99. The number of Topliss-reactive ketones (excluding diaryl/α,β-unsaturated/α-hetero) is 1. The Balaban J connectivity index is 3.14. The van der Waals surface area contributed by atoms with E-state index in [4.69, 9.17) is 20.4 Å². The monoisotopic (exact) mass is 356 g/mol. The first-order chi connectivity index (χ1) is 11.9. The normalized spacial score (nSPS) is 11.0. The van der Waals surface area contributed by atoms with Gasteiger partial charge in [-0.3, -0.25) is 19.7 Å². The second-order valence-corrected chi connectivity index (χ2v) is 5.42. The zero-order chi connectivity index (χ0) is 19.0.